The Bertz CT molecular complexity index is 210. The zero-order valence-electron chi connectivity index (χ0n) is 6.26. The van der Waals surface area contributed by atoms with Gasteiger partial charge in [0, 0.05) is 9.75 Å². The SMILES string of the molecule is C=CCc1ccc(CC)s1. The summed E-state index contributed by atoms with van der Waals surface area (Å²) in [6, 6.07) is 4.38. The Kier molecular flexibility index (Phi) is 2.69. The molecule has 0 atom stereocenters. The molecule has 1 aromatic heterocycles. The summed E-state index contributed by atoms with van der Waals surface area (Å²) in [5.41, 5.74) is 0. The van der Waals surface area contributed by atoms with Crippen molar-refractivity contribution in [3.05, 3.63) is 34.5 Å². The molecule has 1 rings (SSSR count). The van der Waals surface area contributed by atoms with Gasteiger partial charge < -0.3 is 0 Å². The van der Waals surface area contributed by atoms with E-state index in [1.807, 2.05) is 17.4 Å². The van der Waals surface area contributed by atoms with Crippen LogP contribution in [0.5, 0.6) is 0 Å². The second-order valence-corrected chi connectivity index (χ2v) is 3.47. The molecule has 10 heavy (non-hydrogen) atoms. The molecule has 0 bridgehead atoms. The zero-order valence-corrected chi connectivity index (χ0v) is 7.08. The summed E-state index contributed by atoms with van der Waals surface area (Å²) in [6.07, 6.45) is 4.12. The first-order chi connectivity index (χ1) is 4.86. The average molecular weight is 152 g/mol. The summed E-state index contributed by atoms with van der Waals surface area (Å²) in [5.74, 6) is 0. The van der Waals surface area contributed by atoms with Crippen LogP contribution < -0.4 is 0 Å². The topological polar surface area (TPSA) is 0 Å². The van der Waals surface area contributed by atoms with Gasteiger partial charge in [0.25, 0.3) is 0 Å². The fourth-order valence-corrected chi connectivity index (χ4v) is 1.82. The average Bonchev–Trinajstić information content (AvgIpc) is 2.37. The van der Waals surface area contributed by atoms with Crippen molar-refractivity contribution < 1.29 is 0 Å². The molecule has 0 amide bonds. The Hall–Kier alpha value is -0.560. The van der Waals surface area contributed by atoms with E-state index in [1.54, 1.807) is 0 Å². The fraction of sp³-hybridized carbons (Fsp3) is 0.333. The van der Waals surface area contributed by atoms with E-state index in [9.17, 15) is 0 Å². The lowest BCUT2D eigenvalue weighted by Gasteiger charge is -1.85. The molecular weight excluding hydrogens is 140 g/mol. The van der Waals surface area contributed by atoms with Gasteiger partial charge >= 0.3 is 0 Å². The maximum Gasteiger partial charge on any atom is 0.00857 e. The van der Waals surface area contributed by atoms with Crippen molar-refractivity contribution in [2.24, 2.45) is 0 Å². The Morgan fingerprint density at radius 1 is 1.50 bits per heavy atom. The molecule has 0 aliphatic rings. The van der Waals surface area contributed by atoms with Crippen LogP contribution in [0.4, 0.5) is 0 Å². The van der Waals surface area contributed by atoms with Crippen molar-refractivity contribution in [2.75, 3.05) is 0 Å². The summed E-state index contributed by atoms with van der Waals surface area (Å²) in [4.78, 5) is 2.89. The van der Waals surface area contributed by atoms with Gasteiger partial charge in [-0.15, -0.1) is 17.9 Å². The zero-order chi connectivity index (χ0) is 7.40. The molecule has 1 heterocycles. The van der Waals surface area contributed by atoms with Crippen LogP contribution in [0.3, 0.4) is 0 Å². The molecule has 0 aliphatic heterocycles. The van der Waals surface area contributed by atoms with E-state index in [-0.39, 0.29) is 0 Å². The van der Waals surface area contributed by atoms with Crippen LogP contribution in [0, 0.1) is 0 Å². The van der Waals surface area contributed by atoms with Gasteiger partial charge in [-0.25, -0.2) is 0 Å². The molecule has 0 aromatic carbocycles. The Balaban J connectivity index is 2.67. The minimum atomic E-state index is 1.02. The highest BCUT2D eigenvalue weighted by Gasteiger charge is 1.94. The Labute approximate surface area is 66.2 Å². The second kappa shape index (κ2) is 3.57. The molecule has 0 fully saturated rings. The highest BCUT2D eigenvalue weighted by atomic mass is 32.1. The molecule has 0 aliphatic carbocycles. The first-order valence-electron chi connectivity index (χ1n) is 3.55. The molecule has 0 N–H and O–H groups in total. The smallest absolute Gasteiger partial charge is 0.00857 e. The number of allylic oxidation sites excluding steroid dienone is 1. The van der Waals surface area contributed by atoms with E-state index in [0.29, 0.717) is 0 Å². The number of hydrogen-bond donors (Lipinski definition) is 0. The van der Waals surface area contributed by atoms with Crippen molar-refractivity contribution in [3.8, 4) is 0 Å². The third-order valence-corrected chi connectivity index (χ3v) is 2.66. The van der Waals surface area contributed by atoms with Crippen LogP contribution >= 0.6 is 11.3 Å². The van der Waals surface area contributed by atoms with Crippen LogP contribution in [0.15, 0.2) is 24.8 Å². The van der Waals surface area contributed by atoms with Crippen molar-refractivity contribution in [3.63, 3.8) is 0 Å². The van der Waals surface area contributed by atoms with Gasteiger partial charge in [0.05, 0.1) is 0 Å². The van der Waals surface area contributed by atoms with Gasteiger partial charge in [0.2, 0.25) is 0 Å². The normalized spacial score (nSPS) is 9.70. The van der Waals surface area contributed by atoms with Gasteiger partial charge in [0.1, 0.15) is 0 Å². The molecule has 0 nitrogen and oxygen atoms in total. The molecular formula is C9H12S. The van der Waals surface area contributed by atoms with E-state index in [2.05, 4.69) is 25.6 Å². The van der Waals surface area contributed by atoms with Gasteiger partial charge in [0.15, 0.2) is 0 Å². The highest BCUT2D eigenvalue weighted by molar-refractivity contribution is 7.12. The molecule has 0 saturated carbocycles. The van der Waals surface area contributed by atoms with Crippen LogP contribution in [0.25, 0.3) is 0 Å². The van der Waals surface area contributed by atoms with E-state index in [1.165, 1.54) is 9.75 Å². The lowest BCUT2D eigenvalue weighted by atomic mass is 10.3. The van der Waals surface area contributed by atoms with Gasteiger partial charge in [-0.3, -0.25) is 0 Å². The van der Waals surface area contributed by atoms with Crippen LogP contribution in [0.1, 0.15) is 16.7 Å². The predicted octanol–water partition coefficient (Wildman–Crippen LogP) is 3.04. The third kappa shape index (κ3) is 1.71. The minimum absolute atomic E-state index is 1.02. The lowest BCUT2D eigenvalue weighted by molar-refractivity contribution is 1.19. The van der Waals surface area contributed by atoms with E-state index in [0.717, 1.165) is 12.8 Å². The van der Waals surface area contributed by atoms with Crippen molar-refractivity contribution in [1.82, 2.24) is 0 Å². The molecule has 1 heteroatoms. The summed E-state index contributed by atoms with van der Waals surface area (Å²) < 4.78 is 0. The standard InChI is InChI=1S/C9H12S/c1-3-5-9-7-6-8(4-2)10-9/h3,6-7H,1,4-5H2,2H3. The summed E-state index contributed by atoms with van der Waals surface area (Å²) >= 11 is 1.89. The quantitative estimate of drug-likeness (QED) is 0.584. The predicted molar refractivity (Wildman–Crippen MR) is 47.6 cm³/mol. The van der Waals surface area contributed by atoms with Crippen molar-refractivity contribution >= 4 is 11.3 Å². The number of hydrogen-bond acceptors (Lipinski definition) is 1. The summed E-state index contributed by atoms with van der Waals surface area (Å²) in [6.45, 7) is 5.88. The fourth-order valence-electron chi connectivity index (χ4n) is 0.864. The molecule has 0 radical (unpaired) electrons. The van der Waals surface area contributed by atoms with Crippen molar-refractivity contribution in [2.45, 2.75) is 19.8 Å². The van der Waals surface area contributed by atoms with E-state index < -0.39 is 0 Å². The molecule has 0 saturated heterocycles. The first-order valence-corrected chi connectivity index (χ1v) is 4.37. The lowest BCUT2D eigenvalue weighted by Crippen LogP contribution is -1.68. The van der Waals surface area contributed by atoms with E-state index >= 15 is 0 Å². The van der Waals surface area contributed by atoms with Crippen LogP contribution in [-0.4, -0.2) is 0 Å². The van der Waals surface area contributed by atoms with E-state index in [4.69, 9.17) is 0 Å². The molecule has 0 unspecified atom stereocenters. The highest BCUT2D eigenvalue weighted by Crippen LogP contribution is 2.17. The molecule has 54 valence electrons. The molecule has 0 spiro atoms. The third-order valence-electron chi connectivity index (χ3n) is 1.41. The van der Waals surface area contributed by atoms with Gasteiger partial charge in [-0.1, -0.05) is 13.0 Å². The van der Waals surface area contributed by atoms with Crippen LogP contribution in [0.2, 0.25) is 0 Å². The van der Waals surface area contributed by atoms with Crippen molar-refractivity contribution in [1.29, 1.82) is 0 Å². The van der Waals surface area contributed by atoms with Gasteiger partial charge in [-0.2, -0.15) is 0 Å². The number of rotatable bonds is 3. The minimum Gasteiger partial charge on any atom is -0.145 e. The van der Waals surface area contributed by atoms with Gasteiger partial charge in [-0.05, 0) is 25.0 Å². The second-order valence-electron chi connectivity index (χ2n) is 2.21. The van der Waals surface area contributed by atoms with Crippen LogP contribution in [-0.2, 0) is 12.8 Å². The maximum atomic E-state index is 3.70. The number of thiophene rings is 1. The summed E-state index contributed by atoms with van der Waals surface area (Å²) in [7, 11) is 0. The Morgan fingerprint density at radius 3 is 2.70 bits per heavy atom. The Morgan fingerprint density at radius 2 is 2.20 bits per heavy atom. The maximum absolute atomic E-state index is 3.70. The summed E-state index contributed by atoms with van der Waals surface area (Å²) in [5, 5.41) is 0. The largest absolute Gasteiger partial charge is 0.145 e. The monoisotopic (exact) mass is 152 g/mol. The first kappa shape index (κ1) is 7.55. The number of aryl methyl sites for hydroxylation is 1. The molecule has 1 aromatic rings.